The van der Waals surface area contributed by atoms with Crippen LogP contribution in [-0.2, 0) is 27.1 Å². The van der Waals surface area contributed by atoms with E-state index in [-0.39, 0.29) is 34.5 Å². The molecule has 0 N–H and O–H groups in total. The van der Waals surface area contributed by atoms with Gasteiger partial charge in [-0.2, -0.15) is 0 Å². The fraction of sp³-hybridized carbons (Fsp3) is 0.280. The van der Waals surface area contributed by atoms with Gasteiger partial charge in [-0.25, -0.2) is 0 Å². The van der Waals surface area contributed by atoms with E-state index in [4.69, 9.17) is 8.83 Å². The molecule has 19 rings (SSSR count). The third-order valence-corrected chi connectivity index (χ3v) is 25.8. The Balaban J connectivity index is 0.00000758. The van der Waals surface area contributed by atoms with Gasteiger partial charge in [-0.15, -0.1) is 0 Å². The summed E-state index contributed by atoms with van der Waals surface area (Å²) in [4.78, 5) is 2.49. The predicted molar refractivity (Wildman–Crippen MR) is 437 cm³/mol. The van der Waals surface area contributed by atoms with Gasteiger partial charge in [-0.1, -0.05) is 274 Å². The second-order valence-corrected chi connectivity index (χ2v) is 32.9. The first-order chi connectivity index (χ1) is 49.5. The van der Waals surface area contributed by atoms with Gasteiger partial charge < -0.3 is 13.7 Å². The number of para-hydroxylation sites is 3. The van der Waals surface area contributed by atoms with Crippen LogP contribution in [0.2, 0.25) is 0 Å². The standard InChI is InChI=1S/C99H91NO2.CH4/c1-11-13-15-17-28-50-99(51-29-18-16-14-12-2)77-35-25-22-32-66(77)69-44-39-61(53-85(69)99)60-38-43-67-68-45-40-62(54-80(68)96(5,6)79(67)52-60)74-57-86-90(93-73-34-24-27-37-88(73)102-94(74)93)71-47-42-65(56-82(71)98(86,9)10)100(63-30-20-19-21-31-63)64-41-46-70-75-58-84-76(59-83(75)97(7,8)81(70)55-64)91-78(95(84,3)4)48-49-89-92(91)72-33-23-26-36-87(72)101-89;/h19-27,30-49,52-59H,11-18,28-29,50-51H2,1-10H3;1H4. The lowest BCUT2D eigenvalue weighted by Crippen LogP contribution is -2.25. The van der Waals surface area contributed by atoms with Gasteiger partial charge in [-0.3, -0.25) is 0 Å². The summed E-state index contributed by atoms with van der Waals surface area (Å²) in [6.07, 6.45) is 15.5. The van der Waals surface area contributed by atoms with E-state index in [0.717, 1.165) is 50.3 Å². The molecule has 0 unspecified atom stereocenters. The second kappa shape index (κ2) is 23.8. The summed E-state index contributed by atoms with van der Waals surface area (Å²) < 4.78 is 13.7. The monoisotopic (exact) mass is 1340 g/mol. The number of nitrogens with zero attached hydrogens (tertiary/aromatic N) is 1. The van der Waals surface area contributed by atoms with Crippen molar-refractivity contribution in [1.82, 2.24) is 0 Å². The molecule has 103 heavy (non-hydrogen) atoms. The third kappa shape index (κ3) is 9.45. The molecule has 0 atom stereocenters. The third-order valence-electron chi connectivity index (χ3n) is 25.8. The molecule has 3 heteroatoms. The van der Waals surface area contributed by atoms with Crippen LogP contribution in [0, 0.1) is 0 Å². The minimum Gasteiger partial charge on any atom is -0.456 e. The van der Waals surface area contributed by atoms with Crippen LogP contribution in [-0.4, -0.2) is 0 Å². The van der Waals surface area contributed by atoms with E-state index in [1.165, 1.54) is 210 Å². The average Bonchev–Trinajstić information content (AvgIpc) is 1.54. The highest BCUT2D eigenvalue weighted by molar-refractivity contribution is 6.19. The molecular weight excluding hydrogens is 1250 g/mol. The van der Waals surface area contributed by atoms with E-state index in [2.05, 4.69) is 299 Å². The molecule has 0 bridgehead atoms. The SMILES string of the molecule is C.CCCCCCCC1(CCCCCCC)c2ccccc2-c2ccc(-c3ccc4c(c3)C(C)(C)c3cc(-c5cc6c(c7c5oc5ccccc57)-c5ccc(N(c7ccccc7)c7ccc8c(c7)C(C)(C)c7cc9c(cc7-8)C(C)(C)c7ccc8oc%10ccccc%10c8c7-9)cc5C6(C)C)ccc3-4)cc21. The maximum absolute atomic E-state index is 7.21. The Morgan fingerprint density at radius 1 is 0.282 bits per heavy atom. The molecule has 0 radical (unpaired) electrons. The van der Waals surface area contributed by atoms with Crippen molar-refractivity contribution < 1.29 is 8.83 Å². The minimum atomic E-state index is -0.362. The fourth-order valence-corrected chi connectivity index (χ4v) is 20.3. The lowest BCUT2D eigenvalue weighted by atomic mass is 9.70. The van der Waals surface area contributed by atoms with Crippen LogP contribution in [0.15, 0.2) is 233 Å². The number of rotatable bonds is 17. The minimum absolute atomic E-state index is 0. The zero-order valence-electron chi connectivity index (χ0n) is 61.1. The van der Waals surface area contributed by atoms with Crippen LogP contribution in [0.5, 0.6) is 0 Å². The zero-order valence-corrected chi connectivity index (χ0v) is 61.1. The number of anilines is 3. The van der Waals surface area contributed by atoms with E-state index in [1.54, 1.807) is 11.1 Å². The van der Waals surface area contributed by atoms with Crippen molar-refractivity contribution in [3.63, 3.8) is 0 Å². The Bertz CT molecular complexity index is 5800. The highest BCUT2D eigenvalue weighted by Crippen LogP contribution is 2.62. The summed E-state index contributed by atoms with van der Waals surface area (Å²) in [5.74, 6) is 0. The summed E-state index contributed by atoms with van der Waals surface area (Å²) in [5.41, 5.74) is 38.5. The molecule has 0 saturated heterocycles. The summed E-state index contributed by atoms with van der Waals surface area (Å²) >= 11 is 0. The molecular formula is C100H95NO2. The van der Waals surface area contributed by atoms with Crippen LogP contribution in [0.4, 0.5) is 17.1 Å². The maximum Gasteiger partial charge on any atom is 0.143 e. The van der Waals surface area contributed by atoms with Gasteiger partial charge in [0.15, 0.2) is 0 Å². The number of hydrogen-bond donors (Lipinski definition) is 0. The topological polar surface area (TPSA) is 29.5 Å². The molecule has 5 aliphatic carbocycles. The van der Waals surface area contributed by atoms with Gasteiger partial charge >= 0.3 is 0 Å². The lowest BCUT2D eigenvalue weighted by molar-refractivity contribution is 0.399. The molecule has 14 aromatic rings. The van der Waals surface area contributed by atoms with Crippen LogP contribution >= 0.6 is 0 Å². The number of furan rings is 2. The number of fused-ring (bicyclic) bond motifs is 23. The van der Waals surface area contributed by atoms with Crippen LogP contribution in [0.1, 0.15) is 209 Å². The highest BCUT2D eigenvalue weighted by Gasteiger charge is 2.46. The summed E-state index contributed by atoms with van der Waals surface area (Å²) in [7, 11) is 0. The van der Waals surface area contributed by atoms with Gasteiger partial charge in [0.25, 0.3) is 0 Å². The van der Waals surface area contributed by atoms with Crippen molar-refractivity contribution in [2.75, 3.05) is 4.90 Å². The quantitative estimate of drug-likeness (QED) is 0.0851. The molecule has 0 aliphatic heterocycles. The molecule has 0 spiro atoms. The molecule has 2 aromatic heterocycles. The first-order valence-electron chi connectivity index (χ1n) is 38.3. The van der Waals surface area contributed by atoms with Crippen LogP contribution in [0.25, 0.3) is 122 Å². The van der Waals surface area contributed by atoms with Crippen molar-refractivity contribution in [2.45, 2.75) is 181 Å². The largest absolute Gasteiger partial charge is 0.456 e. The number of benzene rings is 12. The Morgan fingerprint density at radius 3 is 1.40 bits per heavy atom. The molecule has 3 nitrogen and oxygen atoms in total. The Hall–Kier alpha value is -9.96. The Labute approximate surface area is 609 Å². The number of unbranched alkanes of at least 4 members (excludes halogenated alkanes) is 8. The van der Waals surface area contributed by atoms with E-state index in [0.29, 0.717) is 0 Å². The zero-order chi connectivity index (χ0) is 69.3. The van der Waals surface area contributed by atoms with Gasteiger partial charge in [0.05, 0.1) is 0 Å². The van der Waals surface area contributed by atoms with E-state index in [9.17, 15) is 0 Å². The van der Waals surface area contributed by atoms with Crippen LogP contribution in [0.3, 0.4) is 0 Å². The molecule has 5 aliphatic rings. The van der Waals surface area contributed by atoms with Crippen molar-refractivity contribution in [2.24, 2.45) is 0 Å². The van der Waals surface area contributed by atoms with E-state index < -0.39 is 0 Å². The van der Waals surface area contributed by atoms with E-state index >= 15 is 0 Å². The predicted octanol–water partition coefficient (Wildman–Crippen LogP) is 29.1. The second-order valence-electron chi connectivity index (χ2n) is 32.9. The summed E-state index contributed by atoms with van der Waals surface area (Å²) in [5, 5.41) is 4.75. The lowest BCUT2D eigenvalue weighted by Gasteiger charge is -2.33. The van der Waals surface area contributed by atoms with Crippen molar-refractivity contribution in [3.8, 4) is 77.9 Å². The summed E-state index contributed by atoms with van der Waals surface area (Å²) in [6, 6.07) is 86.6. The molecule has 2 heterocycles. The van der Waals surface area contributed by atoms with Crippen molar-refractivity contribution in [3.05, 3.63) is 280 Å². The molecule has 0 amide bonds. The Kier molecular flexibility index (Phi) is 15.0. The molecule has 12 aromatic carbocycles. The van der Waals surface area contributed by atoms with Gasteiger partial charge in [-0.05, 0) is 232 Å². The molecule has 0 saturated carbocycles. The molecule has 0 fully saturated rings. The Morgan fingerprint density at radius 2 is 0.728 bits per heavy atom. The first kappa shape index (κ1) is 65.1. The average molecular weight is 1340 g/mol. The highest BCUT2D eigenvalue weighted by atomic mass is 16.3. The van der Waals surface area contributed by atoms with Gasteiger partial charge in [0, 0.05) is 71.2 Å². The molecule has 512 valence electrons. The van der Waals surface area contributed by atoms with Crippen molar-refractivity contribution in [1.29, 1.82) is 0 Å². The summed E-state index contributed by atoms with van der Waals surface area (Å²) in [6.45, 7) is 24.1. The number of hydrogen-bond acceptors (Lipinski definition) is 3. The maximum atomic E-state index is 7.21. The van der Waals surface area contributed by atoms with Crippen LogP contribution < -0.4 is 4.90 Å². The first-order valence-corrected chi connectivity index (χ1v) is 38.3. The van der Waals surface area contributed by atoms with Crippen molar-refractivity contribution >= 4 is 60.9 Å². The smallest absolute Gasteiger partial charge is 0.143 e. The fourth-order valence-electron chi connectivity index (χ4n) is 20.3. The van der Waals surface area contributed by atoms with Gasteiger partial charge in [0.2, 0.25) is 0 Å². The normalized spacial score (nSPS) is 15.7. The van der Waals surface area contributed by atoms with Gasteiger partial charge in [0.1, 0.15) is 22.3 Å². The van der Waals surface area contributed by atoms with E-state index in [1.807, 2.05) is 0 Å².